The Hall–Kier alpha value is -3.35. The predicted molar refractivity (Wildman–Crippen MR) is 98.1 cm³/mol. The molecule has 1 N–H and O–H groups in total. The third kappa shape index (κ3) is 4.88. The molecule has 3 rings (SSSR count). The van der Waals surface area contributed by atoms with Gasteiger partial charge >= 0.3 is 6.18 Å². The molecule has 3 aromatic rings. The Labute approximate surface area is 160 Å². The van der Waals surface area contributed by atoms with Gasteiger partial charge in [0.05, 0.1) is 5.56 Å². The summed E-state index contributed by atoms with van der Waals surface area (Å²) in [6.45, 7) is 2.05. The molecule has 0 atom stereocenters. The Balaban J connectivity index is 1.73. The third-order valence-electron chi connectivity index (χ3n) is 3.98. The summed E-state index contributed by atoms with van der Waals surface area (Å²) >= 11 is 0. The summed E-state index contributed by atoms with van der Waals surface area (Å²) in [5.41, 5.74) is 1.28. The van der Waals surface area contributed by atoms with E-state index in [-0.39, 0.29) is 24.1 Å². The lowest BCUT2D eigenvalue weighted by Crippen LogP contribution is -2.23. The minimum atomic E-state index is -4.46. The number of ether oxygens (including phenoxy) is 1. The van der Waals surface area contributed by atoms with Crippen molar-refractivity contribution in [2.75, 3.05) is 0 Å². The fourth-order valence-electron chi connectivity index (χ4n) is 2.48. The Kier molecular flexibility index (Phi) is 5.63. The maximum atomic E-state index is 12.9. The average molecular weight is 386 g/mol. The van der Waals surface area contributed by atoms with E-state index < -0.39 is 11.7 Å². The smallest absolute Gasteiger partial charge is 0.416 e. The van der Waals surface area contributed by atoms with Crippen LogP contribution in [-0.2, 0) is 12.7 Å². The Morgan fingerprint density at radius 3 is 2.54 bits per heavy atom. The van der Waals surface area contributed by atoms with Crippen LogP contribution in [0, 0.1) is 6.92 Å². The van der Waals surface area contributed by atoms with Crippen molar-refractivity contribution in [1.82, 2.24) is 10.3 Å². The van der Waals surface area contributed by atoms with E-state index in [1.807, 2.05) is 19.1 Å². The van der Waals surface area contributed by atoms with Gasteiger partial charge in [-0.25, -0.2) is 4.98 Å². The number of rotatable bonds is 5. The summed E-state index contributed by atoms with van der Waals surface area (Å²) < 4.78 is 44.1. The van der Waals surface area contributed by atoms with E-state index in [4.69, 9.17) is 4.74 Å². The first-order chi connectivity index (χ1) is 13.3. The SMILES string of the molecule is Cc1ccc(C(=O)NCc2cccnc2Oc2cccc(C(F)(F)F)c2)cc1. The summed E-state index contributed by atoms with van der Waals surface area (Å²) in [5, 5.41) is 2.76. The predicted octanol–water partition coefficient (Wildman–Crippen LogP) is 5.13. The quantitative estimate of drug-likeness (QED) is 0.661. The summed E-state index contributed by atoms with van der Waals surface area (Å²) in [5.74, 6) is -0.125. The number of pyridine rings is 1. The van der Waals surface area contributed by atoms with Crippen LogP contribution in [0.25, 0.3) is 0 Å². The van der Waals surface area contributed by atoms with Gasteiger partial charge in [0, 0.05) is 23.9 Å². The van der Waals surface area contributed by atoms with Crippen molar-refractivity contribution in [1.29, 1.82) is 0 Å². The van der Waals surface area contributed by atoms with Gasteiger partial charge in [0.25, 0.3) is 5.91 Å². The van der Waals surface area contributed by atoms with Crippen molar-refractivity contribution in [3.63, 3.8) is 0 Å². The molecule has 0 bridgehead atoms. The van der Waals surface area contributed by atoms with Crippen LogP contribution in [0.15, 0.2) is 66.9 Å². The van der Waals surface area contributed by atoms with Gasteiger partial charge in [-0.1, -0.05) is 29.8 Å². The zero-order valence-corrected chi connectivity index (χ0v) is 15.0. The lowest BCUT2D eigenvalue weighted by Gasteiger charge is -2.12. The van der Waals surface area contributed by atoms with Crippen molar-refractivity contribution in [2.24, 2.45) is 0 Å². The molecule has 0 radical (unpaired) electrons. The Bertz CT molecular complexity index is 970. The minimum Gasteiger partial charge on any atom is -0.439 e. The molecule has 2 aromatic carbocycles. The second-order valence-electron chi connectivity index (χ2n) is 6.14. The molecule has 0 spiro atoms. The molecule has 0 aliphatic rings. The highest BCUT2D eigenvalue weighted by Gasteiger charge is 2.30. The molecule has 0 aliphatic carbocycles. The van der Waals surface area contributed by atoms with Crippen LogP contribution in [0.2, 0.25) is 0 Å². The van der Waals surface area contributed by atoms with E-state index in [1.165, 1.54) is 18.3 Å². The van der Waals surface area contributed by atoms with Gasteiger partial charge in [-0.15, -0.1) is 0 Å². The summed E-state index contributed by atoms with van der Waals surface area (Å²) in [6, 6.07) is 15.0. The number of hydrogen-bond donors (Lipinski definition) is 1. The number of nitrogens with zero attached hydrogens (tertiary/aromatic N) is 1. The molecule has 0 fully saturated rings. The fourth-order valence-corrected chi connectivity index (χ4v) is 2.48. The minimum absolute atomic E-state index is 0.0136. The van der Waals surface area contributed by atoms with E-state index in [9.17, 15) is 18.0 Å². The van der Waals surface area contributed by atoms with E-state index in [0.717, 1.165) is 17.7 Å². The number of benzene rings is 2. The lowest BCUT2D eigenvalue weighted by molar-refractivity contribution is -0.137. The van der Waals surface area contributed by atoms with Gasteiger partial charge in [-0.2, -0.15) is 13.2 Å². The molecular formula is C21H17F3N2O2. The molecule has 0 unspecified atom stereocenters. The Morgan fingerprint density at radius 2 is 1.82 bits per heavy atom. The van der Waals surface area contributed by atoms with Gasteiger partial charge in [-0.05, 0) is 43.3 Å². The van der Waals surface area contributed by atoms with Crippen molar-refractivity contribution in [3.8, 4) is 11.6 Å². The summed E-state index contributed by atoms with van der Waals surface area (Å²) in [4.78, 5) is 16.3. The van der Waals surface area contributed by atoms with Crippen molar-refractivity contribution in [3.05, 3.63) is 89.1 Å². The first-order valence-corrected chi connectivity index (χ1v) is 8.47. The van der Waals surface area contributed by atoms with Gasteiger partial charge < -0.3 is 10.1 Å². The van der Waals surface area contributed by atoms with Crippen LogP contribution in [0.5, 0.6) is 11.6 Å². The second-order valence-corrected chi connectivity index (χ2v) is 6.14. The maximum absolute atomic E-state index is 12.9. The number of aryl methyl sites for hydroxylation is 1. The molecule has 28 heavy (non-hydrogen) atoms. The molecule has 1 aromatic heterocycles. The average Bonchev–Trinajstić information content (AvgIpc) is 2.67. The van der Waals surface area contributed by atoms with E-state index >= 15 is 0 Å². The number of amides is 1. The molecule has 7 heteroatoms. The zero-order valence-electron chi connectivity index (χ0n) is 15.0. The molecular weight excluding hydrogens is 369 g/mol. The number of alkyl halides is 3. The molecule has 4 nitrogen and oxygen atoms in total. The lowest BCUT2D eigenvalue weighted by atomic mass is 10.1. The first kappa shape index (κ1) is 19.4. The van der Waals surface area contributed by atoms with Crippen LogP contribution >= 0.6 is 0 Å². The topological polar surface area (TPSA) is 51.2 Å². The summed E-state index contributed by atoms with van der Waals surface area (Å²) in [7, 11) is 0. The molecule has 1 heterocycles. The van der Waals surface area contributed by atoms with E-state index in [0.29, 0.717) is 11.1 Å². The van der Waals surface area contributed by atoms with Gasteiger partial charge in [0.15, 0.2) is 0 Å². The highest BCUT2D eigenvalue weighted by molar-refractivity contribution is 5.94. The van der Waals surface area contributed by atoms with Crippen LogP contribution < -0.4 is 10.1 Å². The summed E-state index contributed by atoms with van der Waals surface area (Å²) in [6.07, 6.45) is -3.00. The largest absolute Gasteiger partial charge is 0.439 e. The number of hydrogen-bond acceptors (Lipinski definition) is 3. The molecule has 0 aliphatic heterocycles. The van der Waals surface area contributed by atoms with Gasteiger partial charge in [0.1, 0.15) is 5.75 Å². The fraction of sp³-hybridized carbons (Fsp3) is 0.143. The van der Waals surface area contributed by atoms with Crippen molar-refractivity contribution < 1.29 is 22.7 Å². The van der Waals surface area contributed by atoms with E-state index in [2.05, 4.69) is 10.3 Å². The van der Waals surface area contributed by atoms with Gasteiger partial charge in [-0.3, -0.25) is 4.79 Å². The number of halogens is 3. The monoisotopic (exact) mass is 386 g/mol. The zero-order chi connectivity index (χ0) is 20.1. The number of nitrogens with one attached hydrogen (secondary N) is 1. The highest BCUT2D eigenvalue weighted by atomic mass is 19.4. The molecule has 0 saturated heterocycles. The van der Waals surface area contributed by atoms with Crippen LogP contribution in [-0.4, -0.2) is 10.9 Å². The molecule has 1 amide bonds. The molecule has 144 valence electrons. The number of aromatic nitrogens is 1. The van der Waals surface area contributed by atoms with E-state index in [1.54, 1.807) is 24.3 Å². The highest BCUT2D eigenvalue weighted by Crippen LogP contribution is 2.32. The van der Waals surface area contributed by atoms with Crippen molar-refractivity contribution in [2.45, 2.75) is 19.6 Å². The Morgan fingerprint density at radius 1 is 1.07 bits per heavy atom. The van der Waals surface area contributed by atoms with Crippen LogP contribution in [0.1, 0.15) is 27.0 Å². The van der Waals surface area contributed by atoms with Crippen LogP contribution in [0.3, 0.4) is 0 Å². The maximum Gasteiger partial charge on any atom is 0.416 e. The normalized spacial score (nSPS) is 11.1. The molecule has 0 saturated carbocycles. The first-order valence-electron chi connectivity index (χ1n) is 8.47. The number of carbonyl (C=O) groups is 1. The standard InChI is InChI=1S/C21H17F3N2O2/c1-14-7-9-15(10-8-14)19(27)26-13-16-4-3-11-25-20(16)28-18-6-2-5-17(12-18)21(22,23)24/h2-12H,13H2,1H3,(H,26,27). The van der Waals surface area contributed by atoms with Crippen molar-refractivity contribution >= 4 is 5.91 Å². The van der Waals surface area contributed by atoms with Gasteiger partial charge in [0.2, 0.25) is 5.88 Å². The third-order valence-corrected chi connectivity index (χ3v) is 3.98. The second kappa shape index (κ2) is 8.12. The number of carbonyl (C=O) groups excluding carboxylic acids is 1. The van der Waals surface area contributed by atoms with Crippen LogP contribution in [0.4, 0.5) is 13.2 Å².